The molecule has 1 aliphatic carbocycles. The largest absolute Gasteiger partial charge is 0.465 e. The second-order valence-corrected chi connectivity index (χ2v) is 5.77. The van der Waals surface area contributed by atoms with Crippen LogP contribution in [0.1, 0.15) is 64.6 Å². The fourth-order valence-corrected chi connectivity index (χ4v) is 3.22. The van der Waals surface area contributed by atoms with Crippen LogP contribution in [-0.2, 0) is 4.74 Å². The summed E-state index contributed by atoms with van der Waals surface area (Å²) >= 11 is 0. The van der Waals surface area contributed by atoms with Gasteiger partial charge in [0, 0.05) is 5.92 Å². The van der Waals surface area contributed by atoms with Crippen LogP contribution in [-0.4, -0.2) is 34.4 Å². The number of aldehydes is 1. The van der Waals surface area contributed by atoms with Gasteiger partial charge in [0.15, 0.2) is 6.29 Å². The lowest BCUT2D eigenvalue weighted by molar-refractivity contribution is 0.0600. The lowest BCUT2D eigenvalue weighted by atomic mass is 9.86. The van der Waals surface area contributed by atoms with E-state index in [1.54, 1.807) is 22.9 Å². The molecule has 0 radical (unpaired) electrons. The van der Waals surface area contributed by atoms with E-state index < -0.39 is 5.97 Å². The molecule has 0 unspecified atom stereocenters. The summed E-state index contributed by atoms with van der Waals surface area (Å²) < 4.78 is 6.45. The van der Waals surface area contributed by atoms with Crippen molar-refractivity contribution in [2.24, 2.45) is 0 Å². The molecule has 1 fully saturated rings. The molecule has 120 valence electrons. The summed E-state index contributed by atoms with van der Waals surface area (Å²) in [6, 6.07) is 7.02. The highest BCUT2D eigenvalue weighted by molar-refractivity contribution is 5.89. The molecule has 1 aliphatic rings. The van der Waals surface area contributed by atoms with Crippen LogP contribution >= 0.6 is 0 Å². The molecule has 0 amide bonds. The van der Waals surface area contributed by atoms with Crippen molar-refractivity contribution in [3.63, 3.8) is 0 Å². The third-order valence-electron chi connectivity index (χ3n) is 4.35. The van der Waals surface area contributed by atoms with Crippen molar-refractivity contribution in [3.8, 4) is 5.69 Å². The van der Waals surface area contributed by atoms with E-state index in [9.17, 15) is 9.59 Å². The average molecular weight is 313 g/mol. The number of carbonyl (C=O) groups is 2. The summed E-state index contributed by atoms with van der Waals surface area (Å²) in [5, 5.41) is 8.15. The molecule has 3 rings (SSSR count). The van der Waals surface area contributed by atoms with E-state index in [-0.39, 0.29) is 5.92 Å². The first-order chi connectivity index (χ1) is 11.2. The summed E-state index contributed by atoms with van der Waals surface area (Å²) in [5.41, 5.74) is 2.40. The van der Waals surface area contributed by atoms with Crippen LogP contribution in [0.5, 0.6) is 0 Å². The summed E-state index contributed by atoms with van der Waals surface area (Å²) in [5.74, 6) is -0.123. The molecule has 23 heavy (non-hydrogen) atoms. The molecule has 0 saturated heterocycles. The van der Waals surface area contributed by atoms with Crippen LogP contribution in [0.2, 0.25) is 0 Å². The summed E-state index contributed by atoms with van der Waals surface area (Å²) in [7, 11) is 1.35. The second kappa shape index (κ2) is 6.73. The summed E-state index contributed by atoms with van der Waals surface area (Å²) in [6.07, 6.45) is 6.35. The maximum absolute atomic E-state index is 11.7. The average Bonchev–Trinajstić information content (AvgIpc) is 3.06. The van der Waals surface area contributed by atoms with Gasteiger partial charge < -0.3 is 4.74 Å². The third kappa shape index (κ3) is 3.02. The Bertz CT molecular complexity index is 718. The number of ether oxygens (including phenoxy) is 1. The van der Waals surface area contributed by atoms with Gasteiger partial charge in [-0.1, -0.05) is 30.5 Å². The quantitative estimate of drug-likeness (QED) is 0.641. The highest BCUT2D eigenvalue weighted by Crippen LogP contribution is 2.34. The zero-order valence-corrected chi connectivity index (χ0v) is 13.1. The summed E-state index contributed by atoms with van der Waals surface area (Å²) in [6.45, 7) is 0. The molecule has 0 bridgehead atoms. The van der Waals surface area contributed by atoms with Gasteiger partial charge >= 0.3 is 5.97 Å². The molecule has 0 N–H and O–H groups in total. The second-order valence-electron chi connectivity index (χ2n) is 5.77. The number of nitrogens with zero attached hydrogens (tertiary/aromatic N) is 3. The van der Waals surface area contributed by atoms with Crippen LogP contribution in [0.4, 0.5) is 0 Å². The van der Waals surface area contributed by atoms with Crippen molar-refractivity contribution in [2.45, 2.75) is 38.0 Å². The number of carbonyl (C=O) groups excluding carboxylic acids is 2. The van der Waals surface area contributed by atoms with Gasteiger partial charge in [-0.05, 0) is 31.0 Å². The molecule has 1 heterocycles. The molecule has 0 aliphatic heterocycles. The monoisotopic (exact) mass is 313 g/mol. The molecular weight excluding hydrogens is 294 g/mol. The first kappa shape index (κ1) is 15.4. The number of aromatic nitrogens is 3. The van der Waals surface area contributed by atoms with E-state index in [0.717, 1.165) is 37.7 Å². The Kier molecular flexibility index (Phi) is 4.50. The van der Waals surface area contributed by atoms with Gasteiger partial charge in [0.2, 0.25) is 0 Å². The Morgan fingerprint density at radius 3 is 2.78 bits per heavy atom. The van der Waals surface area contributed by atoms with E-state index in [2.05, 4.69) is 10.3 Å². The number of rotatable bonds is 4. The van der Waals surface area contributed by atoms with Gasteiger partial charge in [-0.25, -0.2) is 9.48 Å². The first-order valence-electron chi connectivity index (χ1n) is 7.84. The number of methoxy groups -OCH3 is 1. The third-order valence-corrected chi connectivity index (χ3v) is 4.35. The van der Waals surface area contributed by atoms with Crippen molar-refractivity contribution in [2.75, 3.05) is 7.11 Å². The smallest absolute Gasteiger partial charge is 0.337 e. The molecule has 0 atom stereocenters. The minimum atomic E-state index is -0.401. The van der Waals surface area contributed by atoms with E-state index in [1.165, 1.54) is 13.5 Å². The van der Waals surface area contributed by atoms with Crippen LogP contribution in [0.15, 0.2) is 24.3 Å². The van der Waals surface area contributed by atoms with Gasteiger partial charge in [0.1, 0.15) is 5.69 Å². The maximum Gasteiger partial charge on any atom is 0.337 e. The van der Waals surface area contributed by atoms with Crippen LogP contribution in [0.25, 0.3) is 5.69 Å². The Morgan fingerprint density at radius 2 is 2.09 bits per heavy atom. The summed E-state index contributed by atoms with van der Waals surface area (Å²) in [4.78, 5) is 23.1. The maximum atomic E-state index is 11.7. The lowest BCUT2D eigenvalue weighted by Crippen LogP contribution is -2.13. The fraction of sp³-hybridized carbons (Fsp3) is 0.412. The molecule has 6 nitrogen and oxygen atoms in total. The van der Waals surface area contributed by atoms with Gasteiger partial charge in [0.05, 0.1) is 24.1 Å². The number of esters is 1. The van der Waals surface area contributed by atoms with Crippen molar-refractivity contribution in [3.05, 3.63) is 41.2 Å². The van der Waals surface area contributed by atoms with E-state index >= 15 is 0 Å². The first-order valence-corrected chi connectivity index (χ1v) is 7.84. The molecule has 2 aromatic rings. The number of hydrogen-bond acceptors (Lipinski definition) is 5. The predicted octanol–water partition coefficient (Wildman–Crippen LogP) is 2.91. The Hall–Kier alpha value is -2.50. The molecule has 1 aromatic carbocycles. The fourth-order valence-electron chi connectivity index (χ4n) is 3.22. The molecule has 6 heteroatoms. The molecular formula is C17H19N3O3. The molecule has 1 saturated carbocycles. The Balaban J connectivity index is 2.04. The van der Waals surface area contributed by atoms with Crippen molar-refractivity contribution < 1.29 is 14.3 Å². The van der Waals surface area contributed by atoms with Crippen molar-refractivity contribution >= 4 is 12.3 Å². The minimum Gasteiger partial charge on any atom is -0.465 e. The van der Waals surface area contributed by atoms with Gasteiger partial charge in [0.25, 0.3) is 0 Å². The Morgan fingerprint density at radius 1 is 1.30 bits per heavy atom. The zero-order chi connectivity index (χ0) is 16.2. The molecule has 0 spiro atoms. The molecule has 1 aromatic heterocycles. The van der Waals surface area contributed by atoms with Gasteiger partial charge in [-0.15, -0.1) is 5.10 Å². The SMILES string of the molecule is COC(=O)c1cccc(-n2nnc(C=O)c2C2CCCCC2)c1. The van der Waals surface area contributed by atoms with Crippen molar-refractivity contribution in [1.29, 1.82) is 0 Å². The zero-order valence-electron chi connectivity index (χ0n) is 13.1. The van der Waals surface area contributed by atoms with Crippen LogP contribution < -0.4 is 0 Å². The van der Waals surface area contributed by atoms with Crippen molar-refractivity contribution in [1.82, 2.24) is 15.0 Å². The topological polar surface area (TPSA) is 74.1 Å². The number of hydrogen-bond donors (Lipinski definition) is 0. The van der Waals surface area contributed by atoms with E-state index in [1.807, 2.05) is 6.07 Å². The normalized spacial score (nSPS) is 15.3. The number of benzene rings is 1. The van der Waals surface area contributed by atoms with E-state index in [4.69, 9.17) is 4.74 Å². The predicted molar refractivity (Wildman–Crippen MR) is 83.9 cm³/mol. The highest BCUT2D eigenvalue weighted by Gasteiger charge is 2.25. The highest BCUT2D eigenvalue weighted by atomic mass is 16.5. The van der Waals surface area contributed by atoms with Crippen LogP contribution in [0.3, 0.4) is 0 Å². The Labute approximate surface area is 134 Å². The van der Waals surface area contributed by atoms with Crippen LogP contribution in [0, 0.1) is 0 Å². The van der Waals surface area contributed by atoms with Gasteiger partial charge in [-0.3, -0.25) is 4.79 Å². The minimum absolute atomic E-state index is 0.278. The van der Waals surface area contributed by atoms with E-state index in [0.29, 0.717) is 16.9 Å². The van der Waals surface area contributed by atoms with Gasteiger partial charge in [-0.2, -0.15) is 0 Å². The standard InChI is InChI=1S/C17H19N3O3/c1-23-17(22)13-8-5-9-14(10-13)20-16(15(11-21)18-19-20)12-6-3-2-4-7-12/h5,8-12H,2-4,6-7H2,1H3. The lowest BCUT2D eigenvalue weighted by Gasteiger charge is -2.22.